The first-order valence-corrected chi connectivity index (χ1v) is 14.0. The molecular formula is C23H24N2O4STe. The molecule has 0 aliphatic rings. The van der Waals surface area contributed by atoms with Crippen molar-refractivity contribution in [2.45, 2.75) is 15.8 Å². The number of ether oxygens (including phenoxy) is 1. The number of benzene rings is 3. The number of sulfonamides is 1. The zero-order chi connectivity index (χ0) is 22.3. The molecular weight excluding hydrogens is 528 g/mol. The molecule has 0 radical (unpaired) electrons. The summed E-state index contributed by atoms with van der Waals surface area (Å²) in [6.07, 6.45) is 0.599. The van der Waals surface area contributed by atoms with Crippen LogP contribution in [0, 0.1) is 0 Å². The SMILES string of the molecule is COc1ccc([Te]Cc2ccc(C(=O)NCCc3ccc(S(N)(=O)=O)cc3)cc2)cc1. The van der Waals surface area contributed by atoms with Gasteiger partial charge in [0.05, 0.1) is 4.90 Å². The number of hydrogen-bond donors (Lipinski definition) is 2. The molecule has 0 aliphatic carbocycles. The molecule has 0 spiro atoms. The molecule has 6 nitrogen and oxygen atoms in total. The Bertz CT molecular complexity index is 1110. The van der Waals surface area contributed by atoms with E-state index in [1.165, 1.54) is 21.3 Å². The number of carbonyl (C=O) groups is 1. The third kappa shape index (κ3) is 7.08. The van der Waals surface area contributed by atoms with E-state index in [0.717, 1.165) is 15.8 Å². The molecule has 3 aromatic carbocycles. The number of amides is 1. The van der Waals surface area contributed by atoms with Crippen LogP contribution in [0.1, 0.15) is 21.5 Å². The summed E-state index contributed by atoms with van der Waals surface area (Å²) in [5.41, 5.74) is 2.77. The van der Waals surface area contributed by atoms with Gasteiger partial charge in [0.15, 0.2) is 0 Å². The number of nitrogens with one attached hydrogen (secondary N) is 1. The van der Waals surface area contributed by atoms with Gasteiger partial charge in [-0.1, -0.05) is 0 Å². The Balaban J connectivity index is 1.46. The Morgan fingerprint density at radius 2 is 1.55 bits per heavy atom. The van der Waals surface area contributed by atoms with Crippen molar-refractivity contribution in [3.63, 3.8) is 0 Å². The van der Waals surface area contributed by atoms with E-state index in [1.807, 2.05) is 36.4 Å². The van der Waals surface area contributed by atoms with E-state index in [4.69, 9.17) is 9.88 Å². The topological polar surface area (TPSA) is 98.5 Å². The van der Waals surface area contributed by atoms with Gasteiger partial charge in [0.2, 0.25) is 10.0 Å². The number of rotatable bonds is 9. The first-order chi connectivity index (χ1) is 14.8. The first-order valence-electron chi connectivity index (χ1n) is 9.61. The zero-order valence-corrected chi connectivity index (χ0v) is 20.2. The molecule has 31 heavy (non-hydrogen) atoms. The van der Waals surface area contributed by atoms with Crippen molar-refractivity contribution in [2.24, 2.45) is 5.14 Å². The molecule has 0 bridgehead atoms. The fourth-order valence-corrected chi connectivity index (χ4v) is 5.81. The summed E-state index contributed by atoms with van der Waals surface area (Å²) in [4.78, 5) is 12.4. The van der Waals surface area contributed by atoms with Crippen LogP contribution in [-0.2, 0) is 20.9 Å². The van der Waals surface area contributed by atoms with Crippen molar-refractivity contribution >= 4 is 40.5 Å². The van der Waals surface area contributed by atoms with Crippen LogP contribution in [0.25, 0.3) is 0 Å². The van der Waals surface area contributed by atoms with Crippen molar-refractivity contribution in [2.75, 3.05) is 13.7 Å². The van der Waals surface area contributed by atoms with E-state index in [1.54, 1.807) is 19.2 Å². The summed E-state index contributed by atoms with van der Waals surface area (Å²) < 4.78 is 30.1. The Kier molecular flexibility index (Phi) is 8.10. The van der Waals surface area contributed by atoms with Gasteiger partial charge in [0.25, 0.3) is 0 Å². The maximum atomic E-state index is 12.4. The van der Waals surface area contributed by atoms with Gasteiger partial charge in [-0.05, 0) is 0 Å². The number of hydrogen-bond acceptors (Lipinski definition) is 4. The monoisotopic (exact) mass is 554 g/mol. The third-order valence-electron chi connectivity index (χ3n) is 4.63. The van der Waals surface area contributed by atoms with E-state index in [0.29, 0.717) is 18.5 Å². The third-order valence-corrected chi connectivity index (χ3v) is 8.65. The Hall–Kier alpha value is -2.37. The fourth-order valence-electron chi connectivity index (χ4n) is 2.86. The average Bonchev–Trinajstić information content (AvgIpc) is 2.78. The molecule has 3 N–H and O–H groups in total. The molecule has 8 heteroatoms. The standard InChI is InChI=1S/C23H24N2O4STe/c1-29-20-8-12-22(13-9-20)31-16-18-2-6-19(7-3-18)23(26)25-15-14-17-4-10-21(11-5-17)30(24,27)28/h2-13H,14-16H2,1H3,(H,25,26)(H2,24,27,28). The van der Waals surface area contributed by atoms with Crippen molar-refractivity contribution in [3.8, 4) is 5.75 Å². The number of nitrogens with two attached hydrogens (primary N) is 1. The summed E-state index contributed by atoms with van der Waals surface area (Å²) in [5.74, 6) is 0.742. The van der Waals surface area contributed by atoms with Gasteiger partial charge in [-0.3, -0.25) is 0 Å². The van der Waals surface area contributed by atoms with Gasteiger partial charge >= 0.3 is 165 Å². The van der Waals surface area contributed by atoms with Crippen LogP contribution in [0.2, 0.25) is 0 Å². The number of primary sulfonamides is 1. The van der Waals surface area contributed by atoms with Gasteiger partial charge < -0.3 is 0 Å². The quantitative estimate of drug-likeness (QED) is 0.397. The van der Waals surface area contributed by atoms with Crippen LogP contribution >= 0.6 is 0 Å². The summed E-state index contributed by atoms with van der Waals surface area (Å²) in [6, 6.07) is 22.3. The van der Waals surface area contributed by atoms with Gasteiger partial charge in [0, 0.05) is 0 Å². The molecule has 0 fully saturated rings. The maximum absolute atomic E-state index is 12.4. The van der Waals surface area contributed by atoms with Crippen LogP contribution in [0.5, 0.6) is 5.75 Å². The van der Waals surface area contributed by atoms with Crippen molar-refractivity contribution in [3.05, 3.63) is 89.5 Å². The summed E-state index contributed by atoms with van der Waals surface area (Å²) in [6.45, 7) is 0.458. The van der Waals surface area contributed by atoms with Gasteiger partial charge in [-0.15, -0.1) is 0 Å². The molecule has 162 valence electrons. The molecule has 0 saturated carbocycles. The summed E-state index contributed by atoms with van der Waals surface area (Å²) in [7, 11) is -2.02. The molecule has 1 amide bonds. The van der Waals surface area contributed by atoms with Crippen LogP contribution in [0.3, 0.4) is 0 Å². The van der Waals surface area contributed by atoms with E-state index in [-0.39, 0.29) is 31.7 Å². The molecule has 0 heterocycles. The molecule has 0 aromatic heterocycles. The second kappa shape index (κ2) is 10.8. The van der Waals surface area contributed by atoms with Gasteiger partial charge in [0.1, 0.15) is 0 Å². The van der Waals surface area contributed by atoms with E-state index in [2.05, 4.69) is 17.4 Å². The van der Waals surface area contributed by atoms with Crippen molar-refractivity contribution < 1.29 is 17.9 Å². The second-order valence-electron chi connectivity index (χ2n) is 6.86. The summed E-state index contributed by atoms with van der Waals surface area (Å²) >= 11 is -0.336. The van der Waals surface area contributed by atoms with Crippen LogP contribution in [0.4, 0.5) is 0 Å². The molecule has 3 aromatic rings. The van der Waals surface area contributed by atoms with E-state index < -0.39 is 10.0 Å². The molecule has 0 atom stereocenters. The van der Waals surface area contributed by atoms with Crippen LogP contribution in [-0.4, -0.2) is 48.9 Å². The minimum absolute atomic E-state index is 0.0789. The minimum atomic E-state index is -3.69. The van der Waals surface area contributed by atoms with E-state index >= 15 is 0 Å². The molecule has 0 unspecified atom stereocenters. The Morgan fingerprint density at radius 3 is 2.13 bits per heavy atom. The van der Waals surface area contributed by atoms with Gasteiger partial charge in [-0.25, -0.2) is 13.6 Å². The number of methoxy groups -OCH3 is 1. The zero-order valence-electron chi connectivity index (χ0n) is 17.1. The number of carbonyl (C=O) groups excluding carboxylic acids is 1. The average molecular weight is 552 g/mol. The predicted molar refractivity (Wildman–Crippen MR) is 122 cm³/mol. The molecule has 3 rings (SSSR count). The Morgan fingerprint density at radius 1 is 0.935 bits per heavy atom. The van der Waals surface area contributed by atoms with Gasteiger partial charge in [-0.2, -0.15) is 0 Å². The summed E-state index contributed by atoms with van der Waals surface area (Å²) in [5, 5.41) is 7.99. The first kappa shape index (κ1) is 23.3. The Labute approximate surface area is 192 Å². The molecule has 0 saturated heterocycles. The van der Waals surface area contributed by atoms with Crippen molar-refractivity contribution in [1.82, 2.24) is 5.32 Å². The fraction of sp³-hybridized carbons (Fsp3) is 0.174. The predicted octanol–water partition coefficient (Wildman–Crippen LogP) is 1.84. The van der Waals surface area contributed by atoms with Crippen LogP contribution in [0.15, 0.2) is 77.7 Å². The van der Waals surface area contributed by atoms with Crippen molar-refractivity contribution in [1.29, 1.82) is 0 Å². The van der Waals surface area contributed by atoms with Crippen LogP contribution < -0.4 is 18.8 Å². The second-order valence-corrected chi connectivity index (χ2v) is 11.4. The van der Waals surface area contributed by atoms with E-state index in [9.17, 15) is 13.2 Å². The molecule has 0 aliphatic heterocycles. The normalized spacial score (nSPS) is 11.2.